The fraction of sp³-hybridized carbons (Fsp3) is 0. The predicted molar refractivity (Wildman–Crippen MR) is 36.0 cm³/mol. The van der Waals surface area contributed by atoms with Crippen molar-refractivity contribution < 1.29 is 13.2 Å². The van der Waals surface area contributed by atoms with Crippen LogP contribution in [0.1, 0.15) is 0 Å². The number of nitrogens with zero attached hydrogens (tertiary/aromatic N) is 1. The van der Waals surface area contributed by atoms with Crippen molar-refractivity contribution in [2.24, 2.45) is 0 Å². The Kier molecular flexibility index (Phi) is 1.33. The van der Waals surface area contributed by atoms with E-state index in [2.05, 4.69) is 10.2 Å². The lowest BCUT2D eigenvalue weighted by molar-refractivity contribution is 0.504. The molecule has 0 fully saturated rings. The fourth-order valence-corrected chi connectivity index (χ4v) is 1.01. The first kappa shape index (κ1) is 7.15. The molecule has 1 heterocycles. The Morgan fingerprint density at radius 1 is 1.17 bits per heavy atom. The van der Waals surface area contributed by atoms with Crippen LogP contribution in [0.5, 0.6) is 0 Å². The summed E-state index contributed by atoms with van der Waals surface area (Å²) in [6, 6.07) is 0.493. The first-order valence-electron chi connectivity index (χ1n) is 3.16. The SMILES string of the molecule is Fc1cc(F)c2cn[nH]c2c1F. The van der Waals surface area contributed by atoms with Gasteiger partial charge in [0.25, 0.3) is 0 Å². The van der Waals surface area contributed by atoms with Gasteiger partial charge in [0.2, 0.25) is 0 Å². The summed E-state index contributed by atoms with van der Waals surface area (Å²) in [5, 5.41) is 5.51. The van der Waals surface area contributed by atoms with E-state index in [0.717, 1.165) is 6.20 Å². The van der Waals surface area contributed by atoms with Gasteiger partial charge in [0.15, 0.2) is 11.6 Å². The molecule has 0 spiro atoms. The third-order valence-electron chi connectivity index (χ3n) is 1.58. The highest BCUT2D eigenvalue weighted by molar-refractivity contribution is 5.79. The second-order valence-corrected chi connectivity index (χ2v) is 2.31. The molecular weight excluding hydrogens is 169 g/mol. The minimum atomic E-state index is -1.22. The van der Waals surface area contributed by atoms with Crippen molar-refractivity contribution in [2.75, 3.05) is 0 Å². The van der Waals surface area contributed by atoms with Crippen LogP contribution in [0.3, 0.4) is 0 Å². The second-order valence-electron chi connectivity index (χ2n) is 2.31. The van der Waals surface area contributed by atoms with Crippen molar-refractivity contribution in [3.8, 4) is 0 Å². The zero-order valence-electron chi connectivity index (χ0n) is 5.74. The van der Waals surface area contributed by atoms with E-state index in [1.54, 1.807) is 0 Å². The molecule has 0 saturated carbocycles. The normalized spacial score (nSPS) is 10.9. The van der Waals surface area contributed by atoms with Crippen LogP contribution in [-0.4, -0.2) is 10.2 Å². The number of hydrogen-bond acceptors (Lipinski definition) is 1. The van der Waals surface area contributed by atoms with Gasteiger partial charge in [-0.1, -0.05) is 0 Å². The van der Waals surface area contributed by atoms with E-state index >= 15 is 0 Å². The number of hydrogen-bond donors (Lipinski definition) is 1. The van der Waals surface area contributed by atoms with Crippen LogP contribution in [0.4, 0.5) is 13.2 Å². The largest absolute Gasteiger partial charge is 0.275 e. The van der Waals surface area contributed by atoms with Crippen molar-refractivity contribution in [3.63, 3.8) is 0 Å². The number of H-pyrrole nitrogens is 1. The van der Waals surface area contributed by atoms with Crippen LogP contribution >= 0.6 is 0 Å². The molecule has 1 aromatic heterocycles. The predicted octanol–water partition coefficient (Wildman–Crippen LogP) is 1.98. The van der Waals surface area contributed by atoms with Gasteiger partial charge in [-0.05, 0) is 0 Å². The molecule has 0 aliphatic heterocycles. The number of halogens is 3. The summed E-state index contributed by atoms with van der Waals surface area (Å²) < 4.78 is 38.1. The van der Waals surface area contributed by atoms with Crippen LogP contribution in [0.15, 0.2) is 12.3 Å². The average Bonchev–Trinajstić information content (AvgIpc) is 2.48. The second kappa shape index (κ2) is 2.23. The molecule has 2 rings (SSSR count). The van der Waals surface area contributed by atoms with Gasteiger partial charge in [-0.2, -0.15) is 5.10 Å². The van der Waals surface area contributed by atoms with Crippen molar-refractivity contribution in [3.05, 3.63) is 29.7 Å². The summed E-state index contributed by atoms with van der Waals surface area (Å²) in [4.78, 5) is 0. The topological polar surface area (TPSA) is 28.7 Å². The van der Waals surface area contributed by atoms with E-state index in [4.69, 9.17) is 0 Å². The van der Waals surface area contributed by atoms with Crippen LogP contribution in [0, 0.1) is 17.5 Å². The highest BCUT2D eigenvalue weighted by atomic mass is 19.2. The van der Waals surface area contributed by atoms with Crippen LogP contribution in [-0.2, 0) is 0 Å². The zero-order valence-corrected chi connectivity index (χ0v) is 5.74. The monoisotopic (exact) mass is 172 g/mol. The molecule has 62 valence electrons. The van der Waals surface area contributed by atoms with E-state index in [-0.39, 0.29) is 10.9 Å². The molecule has 0 amide bonds. The molecular formula is C7H3F3N2. The van der Waals surface area contributed by atoms with Crippen molar-refractivity contribution in [1.29, 1.82) is 0 Å². The van der Waals surface area contributed by atoms with Gasteiger partial charge in [-0.15, -0.1) is 0 Å². The molecule has 0 atom stereocenters. The Bertz CT molecular complexity index is 435. The third kappa shape index (κ3) is 0.792. The lowest BCUT2D eigenvalue weighted by Gasteiger charge is -1.94. The molecule has 5 heteroatoms. The van der Waals surface area contributed by atoms with Crippen molar-refractivity contribution >= 4 is 10.9 Å². The van der Waals surface area contributed by atoms with Crippen molar-refractivity contribution in [2.45, 2.75) is 0 Å². The molecule has 12 heavy (non-hydrogen) atoms. The van der Waals surface area contributed by atoms with Gasteiger partial charge >= 0.3 is 0 Å². The summed E-state index contributed by atoms with van der Waals surface area (Å²) in [5.74, 6) is -3.15. The minimum absolute atomic E-state index is 0.0473. The van der Waals surface area contributed by atoms with E-state index in [9.17, 15) is 13.2 Å². The lowest BCUT2D eigenvalue weighted by Crippen LogP contribution is -1.88. The quantitative estimate of drug-likeness (QED) is 0.604. The number of benzene rings is 1. The summed E-state index contributed by atoms with van der Waals surface area (Å²) in [5.41, 5.74) is -0.243. The Balaban J connectivity index is 2.97. The van der Waals surface area contributed by atoms with E-state index < -0.39 is 17.5 Å². The van der Waals surface area contributed by atoms with Gasteiger partial charge < -0.3 is 0 Å². The Morgan fingerprint density at radius 3 is 2.67 bits per heavy atom. The molecule has 0 radical (unpaired) electrons. The maximum absolute atomic E-state index is 12.8. The maximum Gasteiger partial charge on any atom is 0.184 e. The molecule has 1 N–H and O–H groups in total. The first-order valence-corrected chi connectivity index (χ1v) is 3.16. The number of aromatic nitrogens is 2. The summed E-state index contributed by atoms with van der Waals surface area (Å²) >= 11 is 0. The number of aromatic amines is 1. The first-order chi connectivity index (χ1) is 5.70. The maximum atomic E-state index is 12.8. The van der Waals surface area contributed by atoms with Gasteiger partial charge in [0.05, 0.1) is 11.6 Å². The molecule has 2 aromatic rings. The molecule has 1 aromatic carbocycles. The lowest BCUT2D eigenvalue weighted by atomic mass is 10.2. The van der Waals surface area contributed by atoms with Crippen molar-refractivity contribution in [1.82, 2.24) is 10.2 Å². The number of fused-ring (bicyclic) bond motifs is 1. The molecule has 0 aliphatic rings. The van der Waals surface area contributed by atoms with Crippen LogP contribution in [0.2, 0.25) is 0 Å². The van der Waals surface area contributed by atoms with Gasteiger partial charge in [0, 0.05) is 6.07 Å². The smallest absolute Gasteiger partial charge is 0.184 e. The van der Waals surface area contributed by atoms with Gasteiger partial charge in [-0.3, -0.25) is 5.10 Å². The summed E-state index contributed by atoms with van der Waals surface area (Å²) in [6.45, 7) is 0. The number of rotatable bonds is 0. The highest BCUT2D eigenvalue weighted by Gasteiger charge is 2.12. The third-order valence-corrected chi connectivity index (χ3v) is 1.58. The minimum Gasteiger partial charge on any atom is -0.275 e. The summed E-state index contributed by atoms with van der Waals surface area (Å²) in [6.07, 6.45) is 1.10. The zero-order chi connectivity index (χ0) is 8.72. The van der Waals surface area contributed by atoms with E-state index in [1.165, 1.54) is 0 Å². The molecule has 2 nitrogen and oxygen atoms in total. The molecule has 0 unspecified atom stereocenters. The molecule has 0 aliphatic carbocycles. The number of nitrogens with one attached hydrogen (secondary N) is 1. The Hall–Kier alpha value is -1.52. The van der Waals surface area contributed by atoms with Gasteiger partial charge in [0.1, 0.15) is 11.3 Å². The molecule has 0 bridgehead atoms. The average molecular weight is 172 g/mol. The van der Waals surface area contributed by atoms with Gasteiger partial charge in [-0.25, -0.2) is 13.2 Å². The fourth-order valence-electron chi connectivity index (χ4n) is 1.01. The standard InChI is InChI=1S/C7H3F3N2/c8-4-1-5(9)6(10)7-3(4)2-11-12-7/h1-2H,(H,11,12). The van der Waals surface area contributed by atoms with E-state index in [1.807, 2.05) is 0 Å². The molecule has 0 saturated heterocycles. The summed E-state index contributed by atoms with van der Waals surface area (Å²) in [7, 11) is 0. The van der Waals surface area contributed by atoms with Crippen LogP contribution in [0.25, 0.3) is 10.9 Å². The van der Waals surface area contributed by atoms with E-state index in [0.29, 0.717) is 6.07 Å². The highest BCUT2D eigenvalue weighted by Crippen LogP contribution is 2.20. The Labute approximate surface area is 65.0 Å². The Morgan fingerprint density at radius 2 is 1.92 bits per heavy atom. The van der Waals surface area contributed by atoms with Crippen LogP contribution < -0.4 is 0 Å².